The molecule has 1 aromatic heterocycles. The molecule has 1 fully saturated rings. The van der Waals surface area contributed by atoms with Crippen LogP contribution in [-0.4, -0.2) is 54.3 Å². The lowest BCUT2D eigenvalue weighted by molar-refractivity contribution is 0.312. The molecule has 3 rings (SSSR count). The first-order valence-electron chi connectivity index (χ1n) is 8.37. The highest BCUT2D eigenvalue weighted by atomic mass is 19.1. The van der Waals surface area contributed by atoms with Crippen molar-refractivity contribution in [1.29, 1.82) is 5.41 Å². The molecule has 1 aromatic carbocycles. The van der Waals surface area contributed by atoms with Gasteiger partial charge in [0.1, 0.15) is 23.8 Å². The van der Waals surface area contributed by atoms with Crippen LogP contribution in [-0.2, 0) is 6.54 Å². The smallest absolute Gasteiger partial charge is 0.143 e. The van der Waals surface area contributed by atoms with E-state index in [2.05, 4.69) is 32.1 Å². The van der Waals surface area contributed by atoms with Gasteiger partial charge in [0.2, 0.25) is 0 Å². The topological polar surface area (TPSA) is 68.1 Å². The number of benzene rings is 1. The van der Waals surface area contributed by atoms with Crippen LogP contribution in [0.15, 0.2) is 24.5 Å². The Kier molecular flexibility index (Phi) is 5.23. The van der Waals surface area contributed by atoms with Gasteiger partial charge in [-0.1, -0.05) is 18.2 Å². The molecular weight excluding hydrogens is 319 g/mol. The van der Waals surface area contributed by atoms with Gasteiger partial charge >= 0.3 is 0 Å². The second-order valence-electron chi connectivity index (χ2n) is 6.30. The first-order chi connectivity index (χ1) is 12.1. The van der Waals surface area contributed by atoms with Gasteiger partial charge in [0.05, 0.1) is 5.56 Å². The molecule has 0 atom stereocenters. The molecule has 0 radical (unpaired) electrons. The fourth-order valence-corrected chi connectivity index (χ4v) is 2.95. The Hall–Kier alpha value is -2.54. The third-order valence-electron chi connectivity index (χ3n) is 4.53. The molecule has 6 nitrogen and oxygen atoms in total. The fourth-order valence-electron chi connectivity index (χ4n) is 2.95. The number of nitrogens with one attached hydrogen (secondary N) is 2. The Labute approximate surface area is 147 Å². The van der Waals surface area contributed by atoms with E-state index in [1.165, 1.54) is 12.5 Å². The van der Waals surface area contributed by atoms with Crippen molar-refractivity contribution in [3.8, 4) is 0 Å². The number of nitrogens with zero attached hydrogens (tertiary/aromatic N) is 4. The van der Waals surface area contributed by atoms with Gasteiger partial charge in [0.25, 0.3) is 0 Å². The van der Waals surface area contributed by atoms with E-state index in [0.29, 0.717) is 29.1 Å². The number of anilines is 2. The second-order valence-corrected chi connectivity index (χ2v) is 6.30. The summed E-state index contributed by atoms with van der Waals surface area (Å²) in [4.78, 5) is 13.1. The molecule has 132 valence electrons. The van der Waals surface area contributed by atoms with Gasteiger partial charge < -0.3 is 20.5 Å². The summed E-state index contributed by atoms with van der Waals surface area (Å²) in [5.41, 5.74) is 1.84. The summed E-state index contributed by atoms with van der Waals surface area (Å²) in [5.74, 6) is 1.10. The normalized spacial score (nSPS) is 15.2. The van der Waals surface area contributed by atoms with Crippen LogP contribution in [0.5, 0.6) is 0 Å². The van der Waals surface area contributed by atoms with Crippen molar-refractivity contribution < 1.29 is 4.39 Å². The van der Waals surface area contributed by atoms with Gasteiger partial charge in [-0.15, -0.1) is 0 Å². The minimum atomic E-state index is -0.209. The van der Waals surface area contributed by atoms with Crippen LogP contribution in [0, 0.1) is 18.2 Å². The molecule has 1 aliphatic heterocycles. The van der Waals surface area contributed by atoms with E-state index in [1.54, 1.807) is 19.1 Å². The van der Waals surface area contributed by atoms with Crippen LogP contribution in [0.1, 0.15) is 16.7 Å². The molecule has 25 heavy (non-hydrogen) atoms. The largest absolute Gasteiger partial charge is 0.365 e. The van der Waals surface area contributed by atoms with Gasteiger partial charge in [0.15, 0.2) is 0 Å². The number of aromatic nitrogens is 2. The Balaban J connectivity index is 1.81. The minimum Gasteiger partial charge on any atom is -0.365 e. The summed E-state index contributed by atoms with van der Waals surface area (Å²) in [7, 11) is 2.10. The van der Waals surface area contributed by atoms with Gasteiger partial charge in [0, 0.05) is 44.5 Å². The molecule has 0 spiro atoms. The van der Waals surface area contributed by atoms with Gasteiger partial charge in [-0.3, -0.25) is 0 Å². The molecular formula is C18H23FN6. The fraction of sp³-hybridized carbons (Fsp3) is 0.389. The maximum Gasteiger partial charge on any atom is 0.143 e. The van der Waals surface area contributed by atoms with E-state index < -0.39 is 0 Å². The van der Waals surface area contributed by atoms with Crippen LogP contribution >= 0.6 is 0 Å². The zero-order valence-corrected chi connectivity index (χ0v) is 14.6. The first-order valence-corrected chi connectivity index (χ1v) is 8.37. The highest BCUT2D eigenvalue weighted by Crippen LogP contribution is 2.23. The van der Waals surface area contributed by atoms with Crippen molar-refractivity contribution >= 4 is 17.9 Å². The number of piperazine rings is 1. The van der Waals surface area contributed by atoms with Gasteiger partial charge in [-0.25, -0.2) is 14.4 Å². The molecule has 2 N–H and O–H groups in total. The van der Waals surface area contributed by atoms with Crippen LogP contribution in [0.3, 0.4) is 0 Å². The van der Waals surface area contributed by atoms with Crippen LogP contribution < -0.4 is 10.2 Å². The highest BCUT2D eigenvalue weighted by Gasteiger charge is 2.20. The van der Waals surface area contributed by atoms with Crippen LogP contribution in [0.25, 0.3) is 0 Å². The lowest BCUT2D eigenvalue weighted by atomic mass is 10.1. The Morgan fingerprint density at radius 3 is 2.72 bits per heavy atom. The average molecular weight is 342 g/mol. The number of halogens is 1. The van der Waals surface area contributed by atoms with E-state index in [9.17, 15) is 4.39 Å². The summed E-state index contributed by atoms with van der Waals surface area (Å²) in [6.45, 7) is 5.70. The van der Waals surface area contributed by atoms with Gasteiger partial charge in [-0.05, 0) is 19.5 Å². The molecule has 0 bridgehead atoms. The van der Waals surface area contributed by atoms with Gasteiger partial charge in [-0.2, -0.15) is 0 Å². The predicted molar refractivity (Wildman–Crippen MR) is 98.1 cm³/mol. The van der Waals surface area contributed by atoms with E-state index in [0.717, 1.165) is 32.0 Å². The highest BCUT2D eigenvalue weighted by molar-refractivity contribution is 5.91. The van der Waals surface area contributed by atoms with E-state index in [4.69, 9.17) is 5.41 Å². The third-order valence-corrected chi connectivity index (χ3v) is 4.53. The SMILES string of the molecule is Cc1cccc(CNc2ncnc(N3CCN(C)CC3)c2C=N)c1F. The van der Waals surface area contributed by atoms with Crippen molar-refractivity contribution in [2.75, 3.05) is 43.4 Å². The number of rotatable bonds is 5. The maximum absolute atomic E-state index is 14.2. The molecule has 1 aliphatic rings. The maximum atomic E-state index is 14.2. The third kappa shape index (κ3) is 3.76. The van der Waals surface area contributed by atoms with Crippen molar-refractivity contribution in [1.82, 2.24) is 14.9 Å². The van der Waals surface area contributed by atoms with Crippen molar-refractivity contribution in [3.05, 3.63) is 47.0 Å². The monoisotopic (exact) mass is 342 g/mol. The first kappa shape index (κ1) is 17.3. The summed E-state index contributed by atoms with van der Waals surface area (Å²) >= 11 is 0. The molecule has 7 heteroatoms. The summed E-state index contributed by atoms with van der Waals surface area (Å²) < 4.78 is 14.2. The standard InChI is InChI=1S/C18H23FN6/c1-13-4-3-5-14(16(13)19)11-21-17-15(10-20)18(23-12-22-17)25-8-6-24(2)7-9-25/h3-5,10,12,20H,6-9,11H2,1-2H3,(H,21,22,23). The molecule has 0 unspecified atom stereocenters. The zero-order chi connectivity index (χ0) is 17.8. The van der Waals surface area contributed by atoms with Crippen molar-refractivity contribution in [2.45, 2.75) is 13.5 Å². The van der Waals surface area contributed by atoms with E-state index in [-0.39, 0.29) is 5.82 Å². The zero-order valence-electron chi connectivity index (χ0n) is 14.6. The second kappa shape index (κ2) is 7.57. The average Bonchev–Trinajstić information content (AvgIpc) is 2.63. The molecule has 2 aromatic rings. The summed E-state index contributed by atoms with van der Waals surface area (Å²) in [5, 5.41) is 10.9. The quantitative estimate of drug-likeness (QED) is 0.816. The van der Waals surface area contributed by atoms with Crippen LogP contribution in [0.2, 0.25) is 0 Å². The molecule has 0 amide bonds. The van der Waals surface area contributed by atoms with E-state index >= 15 is 0 Å². The molecule has 2 heterocycles. The number of likely N-dealkylation sites (N-methyl/N-ethyl adjacent to an activating group) is 1. The number of hydrogen-bond acceptors (Lipinski definition) is 6. The molecule has 1 saturated heterocycles. The Morgan fingerprint density at radius 1 is 1.24 bits per heavy atom. The molecule has 0 aliphatic carbocycles. The Bertz CT molecular complexity index is 755. The number of aryl methyl sites for hydroxylation is 1. The predicted octanol–water partition coefficient (Wildman–Crippen LogP) is 2.29. The summed E-state index contributed by atoms with van der Waals surface area (Å²) in [6, 6.07) is 5.34. The summed E-state index contributed by atoms with van der Waals surface area (Å²) in [6.07, 6.45) is 2.76. The van der Waals surface area contributed by atoms with Crippen LogP contribution in [0.4, 0.5) is 16.0 Å². The number of hydrogen-bond donors (Lipinski definition) is 2. The van der Waals surface area contributed by atoms with Crippen molar-refractivity contribution in [2.24, 2.45) is 0 Å². The lowest BCUT2D eigenvalue weighted by Crippen LogP contribution is -2.45. The lowest BCUT2D eigenvalue weighted by Gasteiger charge is -2.34. The van der Waals surface area contributed by atoms with E-state index in [1.807, 2.05) is 6.07 Å². The van der Waals surface area contributed by atoms with Crippen molar-refractivity contribution in [3.63, 3.8) is 0 Å². The minimum absolute atomic E-state index is 0.209. The molecule has 0 saturated carbocycles. The Morgan fingerprint density at radius 2 is 2.00 bits per heavy atom.